The maximum absolute atomic E-state index is 12.4. The molecule has 1 aliphatic rings. The average molecular weight is 378 g/mol. The van der Waals surface area contributed by atoms with Crippen LogP contribution in [0.4, 0.5) is 5.88 Å². The van der Waals surface area contributed by atoms with E-state index in [1.165, 1.54) is 12.1 Å². The highest BCUT2D eigenvalue weighted by Gasteiger charge is 2.26. The fourth-order valence-electron chi connectivity index (χ4n) is 2.72. The normalized spacial score (nSPS) is 16.0. The van der Waals surface area contributed by atoms with Gasteiger partial charge in [0.1, 0.15) is 9.93 Å². The van der Waals surface area contributed by atoms with Gasteiger partial charge in [0.2, 0.25) is 0 Å². The van der Waals surface area contributed by atoms with Crippen LogP contribution in [0.5, 0.6) is 0 Å². The highest BCUT2D eigenvalue weighted by Crippen LogP contribution is 2.25. The average Bonchev–Trinajstić information content (AvgIpc) is 3.24. The molecule has 9 heteroatoms. The molecule has 0 aromatic carbocycles. The summed E-state index contributed by atoms with van der Waals surface area (Å²) in [5, 5.41) is 13.9. The summed E-state index contributed by atoms with van der Waals surface area (Å²) in [7, 11) is 0. The van der Waals surface area contributed by atoms with Crippen LogP contribution in [0.25, 0.3) is 0 Å². The summed E-state index contributed by atoms with van der Waals surface area (Å²) in [6.07, 6.45) is 0. The molecular formula is C17H22N4O4S. The second-order valence-electron chi connectivity index (χ2n) is 7.34. The third-order valence-electron chi connectivity index (χ3n) is 4.32. The molecule has 0 unspecified atom stereocenters. The lowest BCUT2D eigenvalue weighted by Gasteiger charge is -2.33. The zero-order valence-electron chi connectivity index (χ0n) is 15.1. The van der Waals surface area contributed by atoms with Crippen molar-refractivity contribution in [3.05, 3.63) is 44.1 Å². The first-order chi connectivity index (χ1) is 12.2. The Morgan fingerprint density at radius 1 is 1.31 bits per heavy atom. The Kier molecular flexibility index (Phi) is 5.10. The van der Waals surface area contributed by atoms with Crippen molar-refractivity contribution in [1.82, 2.24) is 14.8 Å². The van der Waals surface area contributed by atoms with Gasteiger partial charge in [-0.25, -0.2) is 4.98 Å². The third-order valence-corrected chi connectivity index (χ3v) is 5.15. The molecule has 8 nitrogen and oxygen atoms in total. The van der Waals surface area contributed by atoms with E-state index in [4.69, 9.17) is 9.40 Å². The number of furan rings is 1. The molecule has 2 aromatic rings. The second kappa shape index (κ2) is 7.16. The van der Waals surface area contributed by atoms with Gasteiger partial charge in [0.05, 0.1) is 18.3 Å². The molecule has 1 fully saturated rings. The predicted molar refractivity (Wildman–Crippen MR) is 97.4 cm³/mol. The lowest BCUT2D eigenvalue weighted by atomic mass is 9.93. The lowest BCUT2D eigenvalue weighted by molar-refractivity contribution is -0.402. The summed E-state index contributed by atoms with van der Waals surface area (Å²) in [6.45, 7) is 9.81. The fourth-order valence-corrected chi connectivity index (χ4v) is 3.79. The van der Waals surface area contributed by atoms with Crippen molar-refractivity contribution in [1.29, 1.82) is 0 Å². The molecule has 1 aliphatic heterocycles. The first-order valence-corrected chi connectivity index (χ1v) is 9.33. The van der Waals surface area contributed by atoms with Crippen LogP contribution >= 0.6 is 11.3 Å². The third kappa shape index (κ3) is 4.10. The Bertz CT molecular complexity index is 800. The van der Waals surface area contributed by atoms with Crippen molar-refractivity contribution in [2.75, 3.05) is 26.2 Å². The SMILES string of the molecule is CC(C)(C)c1csc(CN2CCN(C(=O)c3ccc([N+](=O)[O-])o3)CC2)n1. The van der Waals surface area contributed by atoms with Crippen LogP contribution in [0, 0.1) is 10.1 Å². The van der Waals surface area contributed by atoms with Crippen LogP contribution in [-0.2, 0) is 12.0 Å². The van der Waals surface area contributed by atoms with Gasteiger partial charge in [0.15, 0.2) is 5.76 Å². The molecule has 0 aliphatic carbocycles. The van der Waals surface area contributed by atoms with Crippen LogP contribution in [0.2, 0.25) is 0 Å². The topological polar surface area (TPSA) is 92.7 Å². The number of nitrogens with zero attached hydrogens (tertiary/aromatic N) is 4. The molecule has 1 saturated heterocycles. The van der Waals surface area contributed by atoms with Crippen molar-refractivity contribution in [2.45, 2.75) is 32.7 Å². The Labute approximate surface area is 155 Å². The zero-order valence-corrected chi connectivity index (χ0v) is 15.9. The van der Waals surface area contributed by atoms with Gasteiger partial charge >= 0.3 is 5.88 Å². The maximum atomic E-state index is 12.4. The number of hydrogen-bond acceptors (Lipinski definition) is 7. The first kappa shape index (κ1) is 18.5. The van der Waals surface area contributed by atoms with Gasteiger partial charge in [-0.05, 0) is 6.07 Å². The molecule has 3 heterocycles. The van der Waals surface area contributed by atoms with Gasteiger partial charge in [-0.2, -0.15) is 0 Å². The summed E-state index contributed by atoms with van der Waals surface area (Å²) in [5.41, 5.74) is 1.15. The number of nitro groups is 1. The predicted octanol–water partition coefficient (Wildman–Crippen LogP) is 2.90. The second-order valence-corrected chi connectivity index (χ2v) is 8.28. The Morgan fingerprint density at radius 3 is 2.54 bits per heavy atom. The number of rotatable bonds is 4. The van der Waals surface area contributed by atoms with Crippen molar-refractivity contribution in [3.8, 4) is 0 Å². The molecule has 140 valence electrons. The molecule has 0 N–H and O–H groups in total. The maximum Gasteiger partial charge on any atom is 0.433 e. The summed E-state index contributed by atoms with van der Waals surface area (Å²) in [5.74, 6) is -0.702. The van der Waals surface area contributed by atoms with Gasteiger partial charge in [0, 0.05) is 37.0 Å². The number of piperazine rings is 1. The van der Waals surface area contributed by atoms with Crippen LogP contribution in [0.3, 0.4) is 0 Å². The molecule has 26 heavy (non-hydrogen) atoms. The van der Waals surface area contributed by atoms with E-state index in [2.05, 4.69) is 31.1 Å². The van der Waals surface area contributed by atoms with Gasteiger partial charge in [-0.3, -0.25) is 19.8 Å². The van der Waals surface area contributed by atoms with Crippen LogP contribution in [-0.4, -0.2) is 51.8 Å². The van der Waals surface area contributed by atoms with Crippen molar-refractivity contribution in [3.63, 3.8) is 0 Å². The fraction of sp³-hybridized carbons (Fsp3) is 0.529. The number of hydrogen-bond donors (Lipinski definition) is 0. The van der Waals surface area contributed by atoms with E-state index < -0.39 is 10.8 Å². The van der Waals surface area contributed by atoms with E-state index in [0.29, 0.717) is 13.1 Å². The van der Waals surface area contributed by atoms with E-state index in [-0.39, 0.29) is 17.1 Å². The first-order valence-electron chi connectivity index (χ1n) is 8.45. The summed E-state index contributed by atoms with van der Waals surface area (Å²) < 4.78 is 5.00. The minimum atomic E-state index is -0.644. The largest absolute Gasteiger partial charge is 0.433 e. The lowest BCUT2D eigenvalue weighted by Crippen LogP contribution is -2.48. The van der Waals surface area contributed by atoms with E-state index in [1.807, 2.05) is 0 Å². The monoisotopic (exact) mass is 378 g/mol. The van der Waals surface area contributed by atoms with Crippen molar-refractivity contribution in [2.24, 2.45) is 0 Å². The minimum absolute atomic E-state index is 0.0138. The molecule has 0 atom stereocenters. The quantitative estimate of drug-likeness (QED) is 0.600. The number of amides is 1. The van der Waals surface area contributed by atoms with Crippen LogP contribution in [0.15, 0.2) is 21.9 Å². The highest BCUT2D eigenvalue weighted by atomic mass is 32.1. The summed E-state index contributed by atoms with van der Waals surface area (Å²) >= 11 is 1.67. The molecule has 0 bridgehead atoms. The van der Waals surface area contributed by atoms with Crippen molar-refractivity contribution >= 4 is 23.1 Å². The minimum Gasteiger partial charge on any atom is -0.395 e. The number of thiazole rings is 1. The Morgan fingerprint density at radius 2 is 2.00 bits per heavy atom. The molecule has 0 saturated carbocycles. The van der Waals surface area contributed by atoms with Gasteiger partial charge in [-0.1, -0.05) is 20.8 Å². The molecule has 3 rings (SSSR count). The molecule has 1 amide bonds. The number of carbonyl (C=O) groups is 1. The van der Waals surface area contributed by atoms with Crippen molar-refractivity contribution < 1.29 is 14.1 Å². The van der Waals surface area contributed by atoms with E-state index in [1.54, 1.807) is 16.2 Å². The molecular weight excluding hydrogens is 356 g/mol. The van der Waals surface area contributed by atoms with Gasteiger partial charge in [-0.15, -0.1) is 11.3 Å². The van der Waals surface area contributed by atoms with E-state index >= 15 is 0 Å². The Hall–Kier alpha value is -2.26. The number of aromatic nitrogens is 1. The van der Waals surface area contributed by atoms with Gasteiger partial charge in [0.25, 0.3) is 5.91 Å². The summed E-state index contributed by atoms with van der Waals surface area (Å²) in [4.78, 5) is 31.1. The summed E-state index contributed by atoms with van der Waals surface area (Å²) in [6, 6.07) is 2.56. The Balaban J connectivity index is 1.54. The van der Waals surface area contributed by atoms with Crippen LogP contribution < -0.4 is 0 Å². The molecule has 0 radical (unpaired) electrons. The van der Waals surface area contributed by atoms with E-state index in [0.717, 1.165) is 30.3 Å². The smallest absolute Gasteiger partial charge is 0.395 e. The molecule has 2 aromatic heterocycles. The number of carbonyl (C=O) groups excluding carboxylic acids is 1. The molecule has 0 spiro atoms. The zero-order chi connectivity index (χ0) is 18.9. The van der Waals surface area contributed by atoms with Crippen LogP contribution in [0.1, 0.15) is 42.0 Å². The van der Waals surface area contributed by atoms with E-state index in [9.17, 15) is 14.9 Å². The van der Waals surface area contributed by atoms with Gasteiger partial charge < -0.3 is 9.32 Å². The standard InChI is InChI=1S/C17H22N4O4S/c1-17(2,3)13-11-26-14(18-13)10-19-6-8-20(9-7-19)16(22)12-4-5-15(25-12)21(23)24/h4-5,11H,6-10H2,1-3H3. The highest BCUT2D eigenvalue weighted by molar-refractivity contribution is 7.09.